The number of nitrogens with one attached hydrogen (secondary N) is 1. The summed E-state index contributed by atoms with van der Waals surface area (Å²) in [4.78, 5) is 13.8. The van der Waals surface area contributed by atoms with Crippen molar-refractivity contribution < 1.29 is 0 Å². The van der Waals surface area contributed by atoms with Gasteiger partial charge in [0.2, 0.25) is 0 Å². The molecule has 3 N–H and O–H groups in total. The topological polar surface area (TPSA) is 70.8 Å². The average Bonchev–Trinajstić information content (AvgIpc) is 2.71. The van der Waals surface area contributed by atoms with Crippen molar-refractivity contribution in [3.05, 3.63) is 17.5 Å². The van der Waals surface area contributed by atoms with E-state index in [2.05, 4.69) is 19.9 Å². The average molecular weight is 252 g/mol. The third kappa shape index (κ3) is 1.85. The Balaban J connectivity index is 2.07. The third-order valence-corrected chi connectivity index (χ3v) is 3.46. The number of piperidine rings is 1. The molecule has 1 aliphatic rings. The van der Waals surface area contributed by atoms with Gasteiger partial charge in [0.05, 0.1) is 10.4 Å². The van der Waals surface area contributed by atoms with Crippen molar-refractivity contribution in [1.82, 2.24) is 15.0 Å². The summed E-state index contributed by atoms with van der Waals surface area (Å²) in [6.45, 7) is 1.80. The molecule has 2 aromatic heterocycles. The second-order valence-corrected chi connectivity index (χ2v) is 4.81. The van der Waals surface area contributed by atoms with Crippen LogP contribution in [-0.2, 0) is 0 Å². The molecule has 90 valence electrons. The van der Waals surface area contributed by atoms with Crippen LogP contribution in [0, 0.1) is 0 Å². The highest BCUT2D eigenvalue weighted by Gasteiger charge is 2.21. The molecule has 0 bridgehead atoms. The Hall–Kier alpha value is -1.33. The molecule has 5 nitrogen and oxygen atoms in total. The number of H-pyrrole nitrogens is 1. The van der Waals surface area contributed by atoms with Crippen molar-refractivity contribution in [2.45, 2.75) is 18.9 Å². The first kappa shape index (κ1) is 10.8. The number of nitrogens with zero attached hydrogens (tertiary/aromatic N) is 3. The molecule has 0 spiro atoms. The van der Waals surface area contributed by atoms with Crippen molar-refractivity contribution in [2.75, 3.05) is 18.0 Å². The maximum atomic E-state index is 6.16. The van der Waals surface area contributed by atoms with Crippen LogP contribution in [0.2, 0.25) is 5.02 Å². The van der Waals surface area contributed by atoms with Gasteiger partial charge in [-0.25, -0.2) is 9.97 Å². The minimum absolute atomic E-state index is 0.214. The normalized spacial score (nSPS) is 21.1. The van der Waals surface area contributed by atoms with Gasteiger partial charge in [0.25, 0.3) is 0 Å². The van der Waals surface area contributed by atoms with E-state index in [0.29, 0.717) is 5.02 Å². The van der Waals surface area contributed by atoms with Gasteiger partial charge in [-0.1, -0.05) is 11.6 Å². The largest absolute Gasteiger partial charge is 0.354 e. The van der Waals surface area contributed by atoms with Gasteiger partial charge >= 0.3 is 0 Å². The van der Waals surface area contributed by atoms with Gasteiger partial charge in [-0.05, 0) is 12.8 Å². The van der Waals surface area contributed by atoms with E-state index in [4.69, 9.17) is 17.3 Å². The molecule has 1 atom stereocenters. The van der Waals surface area contributed by atoms with Crippen molar-refractivity contribution in [2.24, 2.45) is 5.73 Å². The fraction of sp³-hybridized carbons (Fsp3) is 0.455. The SMILES string of the molecule is N[C@@H]1CCCN(c2ncnc3[nH]cc(Cl)c23)C1. The second kappa shape index (κ2) is 4.16. The molecule has 1 saturated heterocycles. The lowest BCUT2D eigenvalue weighted by atomic mass is 10.1. The number of rotatable bonds is 1. The number of hydrogen-bond acceptors (Lipinski definition) is 4. The van der Waals surface area contributed by atoms with Crippen molar-refractivity contribution in [3.8, 4) is 0 Å². The molecule has 0 aromatic carbocycles. The summed E-state index contributed by atoms with van der Waals surface area (Å²) in [5.74, 6) is 0.886. The van der Waals surface area contributed by atoms with Gasteiger partial charge in [-0.2, -0.15) is 0 Å². The standard InChI is InChI=1S/C11H14ClN5/c12-8-4-14-10-9(8)11(16-6-15-10)17-3-1-2-7(13)5-17/h4,6-7H,1-3,5,13H2,(H,14,15,16)/t7-/m1/s1. The summed E-state index contributed by atoms with van der Waals surface area (Å²) in [7, 11) is 0. The van der Waals surface area contributed by atoms with E-state index in [-0.39, 0.29) is 6.04 Å². The maximum Gasteiger partial charge on any atom is 0.144 e. The lowest BCUT2D eigenvalue weighted by Gasteiger charge is -2.31. The minimum Gasteiger partial charge on any atom is -0.354 e. The van der Waals surface area contributed by atoms with Gasteiger partial charge < -0.3 is 15.6 Å². The summed E-state index contributed by atoms with van der Waals surface area (Å²) in [6.07, 6.45) is 5.47. The molecular formula is C11H14ClN5. The Morgan fingerprint density at radius 3 is 3.18 bits per heavy atom. The van der Waals surface area contributed by atoms with E-state index in [9.17, 15) is 0 Å². The van der Waals surface area contributed by atoms with Crippen molar-refractivity contribution >= 4 is 28.5 Å². The van der Waals surface area contributed by atoms with Crippen LogP contribution in [0.4, 0.5) is 5.82 Å². The number of fused-ring (bicyclic) bond motifs is 1. The van der Waals surface area contributed by atoms with Gasteiger partial charge in [0, 0.05) is 25.3 Å². The number of halogens is 1. The number of nitrogens with two attached hydrogens (primary N) is 1. The first-order valence-electron chi connectivity index (χ1n) is 5.74. The first-order chi connectivity index (χ1) is 8.25. The molecule has 6 heteroatoms. The van der Waals surface area contributed by atoms with Crippen LogP contribution in [0.3, 0.4) is 0 Å². The monoisotopic (exact) mass is 251 g/mol. The summed E-state index contributed by atoms with van der Waals surface area (Å²) >= 11 is 6.16. The molecule has 3 rings (SSSR count). The fourth-order valence-corrected chi connectivity index (χ4v) is 2.58. The molecule has 1 aliphatic heterocycles. The summed E-state index contributed by atoms with van der Waals surface area (Å²) in [5, 5.41) is 1.55. The predicted octanol–water partition coefficient (Wildman–Crippen LogP) is 1.54. The van der Waals surface area contributed by atoms with Crippen LogP contribution in [0.15, 0.2) is 12.5 Å². The van der Waals surface area contributed by atoms with Crippen molar-refractivity contribution in [3.63, 3.8) is 0 Å². The van der Waals surface area contributed by atoms with Crippen LogP contribution in [0.1, 0.15) is 12.8 Å². The Labute approximate surface area is 104 Å². The van der Waals surface area contributed by atoms with Gasteiger partial charge in [0.1, 0.15) is 17.8 Å². The zero-order chi connectivity index (χ0) is 11.8. The number of hydrogen-bond donors (Lipinski definition) is 2. The van der Waals surface area contributed by atoms with Crippen LogP contribution < -0.4 is 10.6 Å². The molecule has 0 unspecified atom stereocenters. The molecule has 1 fully saturated rings. The summed E-state index contributed by atoms with van der Waals surface area (Å²) in [6, 6.07) is 0.214. The Morgan fingerprint density at radius 2 is 2.35 bits per heavy atom. The number of aromatic amines is 1. The molecule has 0 aliphatic carbocycles. The Kier molecular flexibility index (Phi) is 2.64. The van der Waals surface area contributed by atoms with E-state index in [0.717, 1.165) is 42.8 Å². The molecule has 3 heterocycles. The highest BCUT2D eigenvalue weighted by Crippen LogP contribution is 2.30. The molecule has 0 amide bonds. The van der Waals surface area contributed by atoms with Crippen LogP contribution in [-0.4, -0.2) is 34.1 Å². The summed E-state index contributed by atoms with van der Waals surface area (Å²) in [5.41, 5.74) is 6.77. The third-order valence-electron chi connectivity index (χ3n) is 3.16. The molecule has 0 radical (unpaired) electrons. The molecule has 2 aromatic rings. The zero-order valence-corrected chi connectivity index (χ0v) is 10.1. The van der Waals surface area contributed by atoms with Gasteiger partial charge in [-0.3, -0.25) is 0 Å². The predicted molar refractivity (Wildman–Crippen MR) is 68.3 cm³/mol. The van der Waals surface area contributed by atoms with E-state index in [1.807, 2.05) is 0 Å². The first-order valence-corrected chi connectivity index (χ1v) is 6.11. The number of aromatic nitrogens is 3. The van der Waals surface area contributed by atoms with E-state index in [1.165, 1.54) is 0 Å². The van der Waals surface area contributed by atoms with Crippen molar-refractivity contribution in [1.29, 1.82) is 0 Å². The van der Waals surface area contributed by atoms with Gasteiger partial charge in [-0.15, -0.1) is 0 Å². The smallest absolute Gasteiger partial charge is 0.144 e. The quantitative estimate of drug-likeness (QED) is 0.807. The maximum absolute atomic E-state index is 6.16. The van der Waals surface area contributed by atoms with E-state index in [1.54, 1.807) is 12.5 Å². The Bertz CT molecular complexity index is 538. The second-order valence-electron chi connectivity index (χ2n) is 4.41. The van der Waals surface area contributed by atoms with Crippen LogP contribution >= 0.6 is 11.6 Å². The van der Waals surface area contributed by atoms with Crippen LogP contribution in [0.25, 0.3) is 11.0 Å². The molecular weight excluding hydrogens is 238 g/mol. The Morgan fingerprint density at radius 1 is 1.47 bits per heavy atom. The fourth-order valence-electron chi connectivity index (χ4n) is 2.35. The molecule has 0 saturated carbocycles. The van der Waals surface area contributed by atoms with Gasteiger partial charge in [0.15, 0.2) is 0 Å². The lowest BCUT2D eigenvalue weighted by Crippen LogP contribution is -2.43. The molecule has 17 heavy (non-hydrogen) atoms. The highest BCUT2D eigenvalue weighted by atomic mass is 35.5. The lowest BCUT2D eigenvalue weighted by molar-refractivity contribution is 0.504. The summed E-state index contributed by atoms with van der Waals surface area (Å²) < 4.78 is 0. The van der Waals surface area contributed by atoms with E-state index >= 15 is 0 Å². The highest BCUT2D eigenvalue weighted by molar-refractivity contribution is 6.36. The van der Waals surface area contributed by atoms with E-state index < -0.39 is 0 Å². The van der Waals surface area contributed by atoms with Crippen LogP contribution in [0.5, 0.6) is 0 Å². The zero-order valence-electron chi connectivity index (χ0n) is 9.36. The minimum atomic E-state index is 0.214. The number of anilines is 1.